The predicted octanol–water partition coefficient (Wildman–Crippen LogP) is 5.15. The van der Waals surface area contributed by atoms with E-state index in [1.807, 2.05) is 36.4 Å². The van der Waals surface area contributed by atoms with E-state index in [-0.39, 0.29) is 11.5 Å². The molecule has 0 saturated carbocycles. The summed E-state index contributed by atoms with van der Waals surface area (Å²) in [6.45, 7) is 4.19. The first-order chi connectivity index (χ1) is 10.2. The highest BCUT2D eigenvalue weighted by Crippen LogP contribution is 2.45. The van der Waals surface area contributed by atoms with Crippen LogP contribution in [0.1, 0.15) is 37.8 Å². The van der Waals surface area contributed by atoms with Crippen LogP contribution in [0, 0.1) is 0 Å². The van der Waals surface area contributed by atoms with Gasteiger partial charge in [-0.15, -0.1) is 0 Å². The summed E-state index contributed by atoms with van der Waals surface area (Å²) >= 11 is 1.42. The van der Waals surface area contributed by atoms with Crippen LogP contribution in [0.2, 0.25) is 0 Å². The summed E-state index contributed by atoms with van der Waals surface area (Å²) in [5.41, 5.74) is 1.86. The van der Waals surface area contributed by atoms with Crippen molar-refractivity contribution in [3.8, 4) is 11.5 Å². The molecule has 2 N–H and O–H groups in total. The van der Waals surface area contributed by atoms with Crippen molar-refractivity contribution >= 4 is 11.8 Å². The van der Waals surface area contributed by atoms with Crippen LogP contribution in [0.25, 0.3) is 0 Å². The molecule has 21 heavy (non-hydrogen) atoms. The highest BCUT2D eigenvalue weighted by Gasteiger charge is 2.17. The fourth-order valence-corrected chi connectivity index (χ4v) is 3.36. The van der Waals surface area contributed by atoms with Crippen molar-refractivity contribution in [2.45, 2.75) is 49.3 Å². The molecule has 2 rings (SSSR count). The van der Waals surface area contributed by atoms with E-state index in [1.54, 1.807) is 0 Å². The van der Waals surface area contributed by atoms with Crippen LogP contribution in [0.5, 0.6) is 11.5 Å². The Bertz CT molecular complexity index is 564. The van der Waals surface area contributed by atoms with Crippen molar-refractivity contribution in [3.05, 3.63) is 47.5 Å². The standard InChI is InChI=1S/C18H22O2S/c1-3-8-13-12-14(9-4-2)17(20)18(16(13)19)21-15-10-6-5-7-11-15/h5-7,10-12,19-20H,3-4,8-9H2,1-2H3. The minimum atomic E-state index is 0.225. The van der Waals surface area contributed by atoms with Gasteiger partial charge in [0.1, 0.15) is 11.5 Å². The van der Waals surface area contributed by atoms with Crippen molar-refractivity contribution in [1.29, 1.82) is 0 Å². The zero-order valence-electron chi connectivity index (χ0n) is 12.6. The molecule has 3 heteroatoms. The number of aromatic hydroxyl groups is 2. The number of hydrogen-bond acceptors (Lipinski definition) is 3. The third kappa shape index (κ3) is 3.73. The summed E-state index contributed by atoms with van der Waals surface area (Å²) in [4.78, 5) is 1.59. The molecule has 0 bridgehead atoms. The van der Waals surface area contributed by atoms with Crippen LogP contribution in [0.4, 0.5) is 0 Å². The quantitative estimate of drug-likeness (QED) is 0.775. The van der Waals surface area contributed by atoms with Gasteiger partial charge < -0.3 is 10.2 Å². The Hall–Kier alpha value is -1.61. The van der Waals surface area contributed by atoms with Gasteiger partial charge in [-0.1, -0.05) is 56.7 Å². The highest BCUT2D eigenvalue weighted by molar-refractivity contribution is 7.99. The first kappa shape index (κ1) is 15.8. The molecule has 0 saturated heterocycles. The lowest BCUT2D eigenvalue weighted by molar-refractivity contribution is 0.418. The van der Waals surface area contributed by atoms with E-state index in [9.17, 15) is 10.2 Å². The second-order valence-corrected chi connectivity index (χ2v) is 6.22. The summed E-state index contributed by atoms with van der Waals surface area (Å²) < 4.78 is 0. The zero-order valence-corrected chi connectivity index (χ0v) is 13.4. The molecular formula is C18H22O2S. The van der Waals surface area contributed by atoms with Crippen LogP contribution in [0.3, 0.4) is 0 Å². The molecule has 0 unspecified atom stereocenters. The predicted molar refractivity (Wildman–Crippen MR) is 88.3 cm³/mol. The monoisotopic (exact) mass is 302 g/mol. The average molecular weight is 302 g/mol. The molecule has 2 nitrogen and oxygen atoms in total. The maximum absolute atomic E-state index is 10.5. The smallest absolute Gasteiger partial charge is 0.136 e. The first-order valence-electron chi connectivity index (χ1n) is 7.46. The largest absolute Gasteiger partial charge is 0.506 e. The van der Waals surface area contributed by atoms with E-state index in [1.165, 1.54) is 11.8 Å². The van der Waals surface area contributed by atoms with E-state index in [0.717, 1.165) is 41.7 Å². The van der Waals surface area contributed by atoms with E-state index in [0.29, 0.717) is 4.90 Å². The fourth-order valence-electron chi connectivity index (χ4n) is 2.37. The molecule has 0 aliphatic heterocycles. The molecule has 0 aliphatic rings. The van der Waals surface area contributed by atoms with Crippen molar-refractivity contribution in [1.82, 2.24) is 0 Å². The van der Waals surface area contributed by atoms with Gasteiger partial charge in [0.05, 0.1) is 4.90 Å². The van der Waals surface area contributed by atoms with Gasteiger partial charge in [-0.3, -0.25) is 0 Å². The average Bonchev–Trinajstić information content (AvgIpc) is 2.50. The van der Waals surface area contributed by atoms with Crippen LogP contribution < -0.4 is 0 Å². The lowest BCUT2D eigenvalue weighted by Crippen LogP contribution is -1.94. The molecule has 0 fully saturated rings. The Kier molecular flexibility index (Phi) is 5.57. The van der Waals surface area contributed by atoms with Crippen molar-refractivity contribution in [2.75, 3.05) is 0 Å². The molecule has 0 aliphatic carbocycles. The van der Waals surface area contributed by atoms with Crippen LogP contribution >= 0.6 is 11.8 Å². The number of phenolic OH excluding ortho intramolecular Hbond substituents is 2. The van der Waals surface area contributed by atoms with Crippen molar-refractivity contribution < 1.29 is 10.2 Å². The van der Waals surface area contributed by atoms with E-state index in [4.69, 9.17) is 0 Å². The van der Waals surface area contributed by atoms with Gasteiger partial charge in [0.2, 0.25) is 0 Å². The third-order valence-corrected chi connectivity index (χ3v) is 4.49. The molecule has 0 aromatic heterocycles. The van der Waals surface area contributed by atoms with Gasteiger partial charge in [0, 0.05) is 4.90 Å². The van der Waals surface area contributed by atoms with Gasteiger partial charge in [0.25, 0.3) is 0 Å². The molecule has 2 aromatic rings. The lowest BCUT2D eigenvalue weighted by Gasteiger charge is -2.15. The Balaban J connectivity index is 2.46. The van der Waals surface area contributed by atoms with E-state index < -0.39 is 0 Å². The molecule has 0 spiro atoms. The lowest BCUT2D eigenvalue weighted by atomic mass is 10.0. The Labute approximate surface area is 130 Å². The molecule has 2 aromatic carbocycles. The van der Waals surface area contributed by atoms with Gasteiger partial charge in [-0.2, -0.15) is 0 Å². The number of phenols is 2. The minimum absolute atomic E-state index is 0.225. The summed E-state index contributed by atoms with van der Waals surface area (Å²) in [5, 5.41) is 20.9. The van der Waals surface area contributed by atoms with Crippen LogP contribution in [-0.2, 0) is 12.8 Å². The normalized spacial score (nSPS) is 10.8. The highest BCUT2D eigenvalue weighted by atomic mass is 32.2. The summed E-state index contributed by atoms with van der Waals surface area (Å²) in [5.74, 6) is 0.450. The summed E-state index contributed by atoms with van der Waals surface area (Å²) in [7, 11) is 0. The molecule has 0 radical (unpaired) electrons. The summed E-state index contributed by atoms with van der Waals surface area (Å²) in [6.07, 6.45) is 3.59. The van der Waals surface area contributed by atoms with Crippen molar-refractivity contribution in [3.63, 3.8) is 0 Å². The van der Waals surface area contributed by atoms with Gasteiger partial charge in [-0.25, -0.2) is 0 Å². The van der Waals surface area contributed by atoms with E-state index in [2.05, 4.69) is 13.8 Å². The SMILES string of the molecule is CCCc1cc(CCC)c(O)c(Sc2ccccc2)c1O. The topological polar surface area (TPSA) is 40.5 Å². The first-order valence-corrected chi connectivity index (χ1v) is 8.28. The number of rotatable bonds is 6. The Morgan fingerprint density at radius 2 is 1.38 bits per heavy atom. The summed E-state index contributed by atoms with van der Waals surface area (Å²) in [6, 6.07) is 11.8. The maximum atomic E-state index is 10.5. The maximum Gasteiger partial charge on any atom is 0.136 e. The molecule has 0 heterocycles. The van der Waals surface area contributed by atoms with Crippen molar-refractivity contribution in [2.24, 2.45) is 0 Å². The minimum Gasteiger partial charge on any atom is -0.506 e. The van der Waals surface area contributed by atoms with Gasteiger partial charge in [0.15, 0.2) is 0 Å². The van der Waals surface area contributed by atoms with Crippen LogP contribution in [-0.4, -0.2) is 10.2 Å². The Morgan fingerprint density at radius 3 is 1.86 bits per heavy atom. The zero-order chi connectivity index (χ0) is 15.2. The molecule has 112 valence electrons. The second kappa shape index (κ2) is 7.41. The molecular weight excluding hydrogens is 280 g/mol. The number of hydrogen-bond donors (Lipinski definition) is 2. The number of benzene rings is 2. The second-order valence-electron chi connectivity index (χ2n) is 5.14. The van der Waals surface area contributed by atoms with E-state index >= 15 is 0 Å². The van der Waals surface area contributed by atoms with Gasteiger partial charge in [-0.05, 0) is 42.2 Å². The third-order valence-electron chi connectivity index (χ3n) is 3.39. The number of aryl methyl sites for hydroxylation is 2. The Morgan fingerprint density at radius 1 is 0.857 bits per heavy atom. The van der Waals surface area contributed by atoms with Crippen LogP contribution in [0.15, 0.2) is 46.2 Å². The fraction of sp³-hybridized carbons (Fsp3) is 0.333. The molecule has 0 atom stereocenters. The van der Waals surface area contributed by atoms with Gasteiger partial charge >= 0.3 is 0 Å². The molecule has 0 amide bonds.